The van der Waals surface area contributed by atoms with Crippen LogP contribution >= 0.6 is 11.3 Å². The van der Waals surface area contributed by atoms with E-state index in [2.05, 4.69) is 146 Å². The summed E-state index contributed by atoms with van der Waals surface area (Å²) in [6.07, 6.45) is 0. The second-order valence-electron chi connectivity index (χ2n) is 13.0. The lowest BCUT2D eigenvalue weighted by atomic mass is 9.99. The van der Waals surface area contributed by atoms with Crippen LogP contribution in [0.15, 0.2) is 162 Å². The van der Waals surface area contributed by atoms with Gasteiger partial charge in [-0.15, -0.1) is 11.3 Å². The van der Waals surface area contributed by atoms with Crippen LogP contribution in [-0.2, 0) is 0 Å². The molecule has 3 nitrogen and oxygen atoms in total. The third-order valence-electron chi connectivity index (χ3n) is 10.0. The van der Waals surface area contributed by atoms with Crippen molar-refractivity contribution in [1.29, 1.82) is 0 Å². The normalized spacial score (nSPS) is 12.0. The number of para-hydroxylation sites is 1. The van der Waals surface area contributed by atoms with Gasteiger partial charge >= 0.3 is 0 Å². The number of aromatic nitrogens is 2. The van der Waals surface area contributed by atoms with Crippen LogP contribution in [0.5, 0.6) is 0 Å². The summed E-state index contributed by atoms with van der Waals surface area (Å²) >= 11 is 1.83. The van der Waals surface area contributed by atoms with E-state index < -0.39 is 0 Å². The van der Waals surface area contributed by atoms with Gasteiger partial charge in [0.05, 0.1) is 11.2 Å². The van der Waals surface area contributed by atoms with Crippen LogP contribution in [0.25, 0.3) is 108 Å². The molecule has 3 heterocycles. The highest BCUT2D eigenvalue weighted by Gasteiger charge is 2.18. The maximum Gasteiger partial charge on any atom is 0.160 e. The molecule has 8 aromatic carbocycles. The fraction of sp³-hybridized carbons (Fsp3) is 0. The summed E-state index contributed by atoms with van der Waals surface area (Å²) in [6.45, 7) is 0. The Bertz CT molecular complexity index is 3150. The second-order valence-corrected chi connectivity index (χ2v) is 14.1. The molecule has 232 valence electrons. The van der Waals surface area contributed by atoms with E-state index in [0.29, 0.717) is 0 Å². The summed E-state index contributed by atoms with van der Waals surface area (Å²) in [5.74, 6) is 0.719. The Hall–Kier alpha value is -6.36. The maximum absolute atomic E-state index is 6.08. The van der Waals surface area contributed by atoms with Gasteiger partial charge in [0.25, 0.3) is 0 Å². The lowest BCUT2D eigenvalue weighted by molar-refractivity contribution is 0.669. The fourth-order valence-electron chi connectivity index (χ4n) is 7.54. The molecular weight excluding hydrogens is 629 g/mol. The Morgan fingerprint density at radius 1 is 0.400 bits per heavy atom. The van der Waals surface area contributed by atoms with Gasteiger partial charge in [0, 0.05) is 47.5 Å². The van der Waals surface area contributed by atoms with Crippen LogP contribution in [0.3, 0.4) is 0 Å². The van der Waals surface area contributed by atoms with Crippen molar-refractivity contribution in [3.63, 3.8) is 0 Å². The quantitative estimate of drug-likeness (QED) is 0.190. The largest absolute Gasteiger partial charge is 0.456 e. The van der Waals surface area contributed by atoms with Crippen LogP contribution in [0, 0.1) is 0 Å². The number of nitrogens with zero attached hydrogens (tertiary/aromatic N) is 2. The molecule has 0 saturated carbocycles. The van der Waals surface area contributed by atoms with Crippen molar-refractivity contribution in [2.24, 2.45) is 0 Å². The van der Waals surface area contributed by atoms with Crippen LogP contribution in [-0.4, -0.2) is 9.97 Å². The molecule has 0 aliphatic heterocycles. The monoisotopic (exact) mass is 654 g/mol. The van der Waals surface area contributed by atoms with Gasteiger partial charge in [0.1, 0.15) is 11.2 Å². The Morgan fingerprint density at radius 3 is 1.94 bits per heavy atom. The summed E-state index contributed by atoms with van der Waals surface area (Å²) in [5.41, 5.74) is 8.08. The number of fused-ring (bicyclic) bond motifs is 10. The second kappa shape index (κ2) is 10.6. The van der Waals surface area contributed by atoms with E-state index >= 15 is 0 Å². The molecule has 0 unspecified atom stereocenters. The van der Waals surface area contributed by atoms with Gasteiger partial charge in [0.15, 0.2) is 5.82 Å². The number of rotatable bonds is 3. The standard InChI is InChI=1S/C46H26N2OS/c1-2-8-30-23-34(18-15-27(30)7-1)44-36-20-22-41-43(38-25-31-9-3-4-10-32(31)26-42(38)50-41)45(36)48-46(47-44)29-16-13-28(14-17-29)33-19-21-40-37(24-33)35-11-5-6-12-39(35)49-40/h1-26H. The first-order chi connectivity index (χ1) is 24.7. The molecular formula is C46H26N2OS. The number of thiophene rings is 1. The van der Waals surface area contributed by atoms with Gasteiger partial charge in [-0.25, -0.2) is 9.97 Å². The Labute approximate surface area is 290 Å². The fourth-order valence-corrected chi connectivity index (χ4v) is 8.68. The first kappa shape index (κ1) is 27.6. The first-order valence-electron chi connectivity index (χ1n) is 16.8. The van der Waals surface area contributed by atoms with Gasteiger partial charge in [-0.2, -0.15) is 0 Å². The molecule has 0 saturated heterocycles. The molecule has 4 heteroatoms. The molecule has 11 rings (SSSR count). The van der Waals surface area contributed by atoms with Gasteiger partial charge < -0.3 is 4.42 Å². The summed E-state index contributed by atoms with van der Waals surface area (Å²) in [4.78, 5) is 10.7. The molecule has 0 amide bonds. The number of hydrogen-bond acceptors (Lipinski definition) is 4. The van der Waals surface area contributed by atoms with E-state index in [0.717, 1.165) is 66.6 Å². The highest BCUT2D eigenvalue weighted by molar-refractivity contribution is 7.26. The van der Waals surface area contributed by atoms with Crippen LogP contribution in [0.1, 0.15) is 0 Å². The lowest BCUT2D eigenvalue weighted by Gasteiger charge is -2.12. The van der Waals surface area contributed by atoms with Gasteiger partial charge in [-0.3, -0.25) is 0 Å². The summed E-state index contributed by atoms with van der Waals surface area (Å²) in [6, 6.07) is 56.1. The average molecular weight is 655 g/mol. The number of benzene rings is 8. The summed E-state index contributed by atoms with van der Waals surface area (Å²) < 4.78 is 8.58. The average Bonchev–Trinajstić information content (AvgIpc) is 3.74. The SMILES string of the molecule is c1ccc2cc(-c3nc(-c4ccc(-c5ccc6oc7ccccc7c6c5)cc4)nc4c3ccc3sc5cc6ccccc6cc5c34)ccc2c1. The molecule has 3 aromatic heterocycles. The van der Waals surface area contributed by atoms with Crippen molar-refractivity contribution in [3.05, 3.63) is 158 Å². The minimum absolute atomic E-state index is 0.719. The van der Waals surface area contributed by atoms with Crippen LogP contribution in [0.4, 0.5) is 0 Å². The molecule has 0 bridgehead atoms. The van der Waals surface area contributed by atoms with E-state index in [1.165, 1.54) is 41.7 Å². The highest BCUT2D eigenvalue weighted by atomic mass is 32.1. The summed E-state index contributed by atoms with van der Waals surface area (Å²) in [7, 11) is 0. The van der Waals surface area contributed by atoms with Gasteiger partial charge in [-0.05, 0) is 81.2 Å². The Morgan fingerprint density at radius 2 is 1.08 bits per heavy atom. The predicted molar refractivity (Wildman–Crippen MR) is 211 cm³/mol. The molecule has 0 aliphatic carbocycles. The van der Waals surface area contributed by atoms with Crippen LogP contribution < -0.4 is 0 Å². The van der Waals surface area contributed by atoms with Crippen molar-refractivity contribution in [1.82, 2.24) is 9.97 Å². The molecule has 0 spiro atoms. The van der Waals surface area contributed by atoms with Crippen LogP contribution in [0.2, 0.25) is 0 Å². The summed E-state index contributed by atoms with van der Waals surface area (Å²) in [5, 5.41) is 10.6. The minimum Gasteiger partial charge on any atom is -0.456 e. The maximum atomic E-state index is 6.08. The zero-order valence-electron chi connectivity index (χ0n) is 26.7. The third kappa shape index (κ3) is 4.22. The molecule has 0 N–H and O–H groups in total. The van der Waals surface area contributed by atoms with Crippen molar-refractivity contribution in [3.8, 4) is 33.8 Å². The molecule has 0 radical (unpaired) electrons. The highest BCUT2D eigenvalue weighted by Crippen LogP contribution is 2.42. The topological polar surface area (TPSA) is 38.9 Å². The number of hydrogen-bond donors (Lipinski definition) is 0. The van der Waals surface area contributed by atoms with E-state index in [9.17, 15) is 0 Å². The van der Waals surface area contributed by atoms with Crippen molar-refractivity contribution < 1.29 is 4.42 Å². The zero-order valence-corrected chi connectivity index (χ0v) is 27.5. The molecule has 0 aliphatic rings. The van der Waals surface area contributed by atoms with Crippen molar-refractivity contribution >= 4 is 85.9 Å². The first-order valence-corrected chi connectivity index (χ1v) is 17.6. The molecule has 50 heavy (non-hydrogen) atoms. The van der Waals surface area contributed by atoms with E-state index in [1.807, 2.05) is 23.5 Å². The zero-order chi connectivity index (χ0) is 32.8. The Balaban J connectivity index is 1.12. The van der Waals surface area contributed by atoms with Gasteiger partial charge in [-0.1, -0.05) is 109 Å². The predicted octanol–water partition coefficient (Wildman–Crippen LogP) is 13.2. The van der Waals surface area contributed by atoms with Crippen molar-refractivity contribution in [2.75, 3.05) is 0 Å². The Kier molecular flexibility index (Phi) is 5.83. The smallest absolute Gasteiger partial charge is 0.160 e. The third-order valence-corrected chi connectivity index (χ3v) is 11.2. The number of furan rings is 1. The minimum atomic E-state index is 0.719. The molecule has 0 atom stereocenters. The molecule has 11 aromatic rings. The van der Waals surface area contributed by atoms with E-state index in [-0.39, 0.29) is 0 Å². The van der Waals surface area contributed by atoms with E-state index in [4.69, 9.17) is 14.4 Å². The van der Waals surface area contributed by atoms with Gasteiger partial charge in [0.2, 0.25) is 0 Å². The lowest BCUT2D eigenvalue weighted by Crippen LogP contribution is -1.96. The van der Waals surface area contributed by atoms with Crippen molar-refractivity contribution in [2.45, 2.75) is 0 Å². The van der Waals surface area contributed by atoms with E-state index in [1.54, 1.807) is 0 Å². The molecule has 0 fully saturated rings.